The van der Waals surface area contributed by atoms with Crippen LogP contribution in [0.25, 0.3) is 0 Å². The Morgan fingerprint density at radius 2 is 1.59 bits per heavy atom. The third kappa shape index (κ3) is 6.33. The summed E-state index contributed by atoms with van der Waals surface area (Å²) < 4.78 is 0. The number of aliphatic hydroxyl groups excluding tert-OH is 1. The van der Waals surface area contributed by atoms with Gasteiger partial charge in [0.05, 0.1) is 23.4 Å². The Morgan fingerprint density at radius 3 is 2.27 bits per heavy atom. The van der Waals surface area contributed by atoms with Crippen LogP contribution in [0.1, 0.15) is 43.4 Å². The van der Waals surface area contributed by atoms with Gasteiger partial charge in [-0.2, -0.15) is 0 Å². The summed E-state index contributed by atoms with van der Waals surface area (Å²) in [6.07, 6.45) is -0.307. The van der Waals surface area contributed by atoms with E-state index < -0.39 is 18.2 Å². The molecule has 0 fully saturated rings. The summed E-state index contributed by atoms with van der Waals surface area (Å²) >= 11 is 0. The molecular formula is C31H35N3O3. The summed E-state index contributed by atoms with van der Waals surface area (Å²) in [4.78, 5) is 33.4. The predicted molar refractivity (Wildman–Crippen MR) is 148 cm³/mol. The zero-order chi connectivity index (χ0) is 26.4. The number of likely N-dealkylation sites (N-methyl/N-ethyl adjacent to an activating group) is 1. The van der Waals surface area contributed by atoms with E-state index in [4.69, 9.17) is 4.99 Å². The number of aryl methyl sites for hydroxylation is 1. The van der Waals surface area contributed by atoms with Gasteiger partial charge in [0.1, 0.15) is 0 Å². The maximum absolute atomic E-state index is 13.6. The number of amides is 2. The third-order valence-corrected chi connectivity index (χ3v) is 6.77. The maximum Gasteiger partial charge on any atom is 0.272 e. The first kappa shape index (κ1) is 26.3. The number of aliphatic hydroxyl groups is 1. The molecule has 37 heavy (non-hydrogen) atoms. The van der Waals surface area contributed by atoms with Crippen LogP contribution in [0.4, 0.5) is 5.69 Å². The summed E-state index contributed by atoms with van der Waals surface area (Å²) in [6.45, 7) is 4.05. The molecule has 3 aromatic rings. The van der Waals surface area contributed by atoms with Crippen LogP contribution in [-0.4, -0.2) is 41.9 Å². The van der Waals surface area contributed by atoms with Gasteiger partial charge < -0.3 is 15.3 Å². The van der Waals surface area contributed by atoms with Crippen LogP contribution in [0, 0.1) is 11.8 Å². The van der Waals surface area contributed by atoms with Gasteiger partial charge in [-0.25, -0.2) is 4.99 Å². The van der Waals surface area contributed by atoms with Crippen LogP contribution >= 0.6 is 0 Å². The van der Waals surface area contributed by atoms with Gasteiger partial charge in [-0.05, 0) is 36.8 Å². The van der Waals surface area contributed by atoms with Crippen LogP contribution in [-0.2, 0) is 16.0 Å². The Labute approximate surface area is 219 Å². The molecule has 2 unspecified atom stereocenters. The van der Waals surface area contributed by atoms with Crippen LogP contribution in [0.2, 0.25) is 0 Å². The van der Waals surface area contributed by atoms with Crippen LogP contribution in [0.5, 0.6) is 0 Å². The van der Waals surface area contributed by atoms with Crippen molar-refractivity contribution >= 4 is 23.2 Å². The topological polar surface area (TPSA) is 82.0 Å². The van der Waals surface area contributed by atoms with Gasteiger partial charge in [0.2, 0.25) is 12.1 Å². The molecule has 3 atom stereocenters. The van der Waals surface area contributed by atoms with Crippen molar-refractivity contribution in [2.24, 2.45) is 16.8 Å². The smallest absolute Gasteiger partial charge is 0.272 e. The van der Waals surface area contributed by atoms with E-state index in [2.05, 4.69) is 5.32 Å². The largest absolute Gasteiger partial charge is 0.392 e. The molecule has 1 aliphatic rings. The number of aliphatic imine (C=N–C) groups is 1. The van der Waals surface area contributed by atoms with Gasteiger partial charge in [-0.15, -0.1) is 0 Å². The molecule has 0 aromatic heterocycles. The average Bonchev–Trinajstić information content (AvgIpc) is 3.02. The highest BCUT2D eigenvalue weighted by atomic mass is 16.3. The van der Waals surface area contributed by atoms with E-state index in [0.717, 1.165) is 22.4 Å². The highest BCUT2D eigenvalue weighted by Gasteiger charge is 2.34. The molecule has 0 saturated carbocycles. The number of rotatable bonds is 9. The fraction of sp³-hybridized carbons (Fsp3) is 0.323. The number of nitrogens with one attached hydrogen (secondary N) is 1. The first-order valence-corrected chi connectivity index (χ1v) is 12.9. The normalized spacial score (nSPS) is 17.0. The first-order valence-electron chi connectivity index (χ1n) is 12.9. The minimum absolute atomic E-state index is 0.197. The van der Waals surface area contributed by atoms with Crippen molar-refractivity contribution in [3.8, 4) is 0 Å². The van der Waals surface area contributed by atoms with Gasteiger partial charge in [-0.3, -0.25) is 9.59 Å². The number of carbonyl (C=O) groups is 2. The van der Waals surface area contributed by atoms with Gasteiger partial charge >= 0.3 is 0 Å². The summed E-state index contributed by atoms with van der Waals surface area (Å²) in [5.41, 5.74) is 4.17. The minimum Gasteiger partial charge on any atom is -0.392 e. The number of benzene rings is 3. The van der Waals surface area contributed by atoms with Crippen molar-refractivity contribution in [3.05, 3.63) is 102 Å². The Balaban J connectivity index is 1.61. The summed E-state index contributed by atoms with van der Waals surface area (Å²) in [5.74, 6) is -1.14. The number of hydrogen-bond donors (Lipinski definition) is 2. The fourth-order valence-electron chi connectivity index (χ4n) is 4.79. The minimum atomic E-state index is -1.10. The van der Waals surface area contributed by atoms with Crippen LogP contribution in [0.3, 0.4) is 0 Å². The molecule has 0 aliphatic carbocycles. The van der Waals surface area contributed by atoms with E-state index in [1.807, 2.05) is 98.8 Å². The molecule has 4 rings (SSSR count). The third-order valence-electron chi connectivity index (χ3n) is 6.77. The Morgan fingerprint density at radius 1 is 0.973 bits per heavy atom. The lowest BCUT2D eigenvalue weighted by atomic mass is 9.88. The van der Waals surface area contributed by atoms with E-state index in [9.17, 15) is 14.7 Å². The zero-order valence-electron chi connectivity index (χ0n) is 21.7. The van der Waals surface area contributed by atoms with Crippen LogP contribution in [0.15, 0.2) is 89.9 Å². The van der Waals surface area contributed by atoms with Crippen LogP contribution < -0.4 is 10.2 Å². The fourth-order valence-corrected chi connectivity index (χ4v) is 4.79. The molecule has 6 nitrogen and oxygen atoms in total. The quantitative estimate of drug-likeness (QED) is 0.453. The second-order valence-corrected chi connectivity index (χ2v) is 10.00. The van der Waals surface area contributed by atoms with Gasteiger partial charge in [0, 0.05) is 18.2 Å². The van der Waals surface area contributed by atoms with Gasteiger partial charge in [0.15, 0.2) is 0 Å². The number of nitrogens with zero attached hydrogens (tertiary/aromatic N) is 2. The summed E-state index contributed by atoms with van der Waals surface area (Å²) in [5, 5.41) is 14.0. The molecule has 0 saturated heterocycles. The number of para-hydroxylation sites is 1. The zero-order valence-corrected chi connectivity index (χ0v) is 21.7. The number of hydrogen-bond acceptors (Lipinski definition) is 4. The summed E-state index contributed by atoms with van der Waals surface area (Å²) in [7, 11) is 1.70. The monoisotopic (exact) mass is 497 g/mol. The van der Waals surface area contributed by atoms with E-state index in [0.29, 0.717) is 25.0 Å². The lowest BCUT2D eigenvalue weighted by molar-refractivity contribution is -0.133. The maximum atomic E-state index is 13.6. The second kappa shape index (κ2) is 12.0. The number of carbonyl (C=O) groups excluding carboxylic acids is 2. The van der Waals surface area contributed by atoms with E-state index in [1.165, 1.54) is 0 Å². The highest BCUT2D eigenvalue weighted by molar-refractivity contribution is 6.20. The molecule has 0 bridgehead atoms. The van der Waals surface area contributed by atoms with Crippen molar-refractivity contribution in [2.75, 3.05) is 11.9 Å². The SMILES string of the molecule is CC(C)CC(C(=O)NC1N=C(c2ccccc2)c2ccccc2N(C)C1=O)[C@@H](O)CCc1ccccc1. The molecule has 0 spiro atoms. The molecule has 192 valence electrons. The Bertz CT molecular complexity index is 1240. The highest BCUT2D eigenvalue weighted by Crippen LogP contribution is 2.28. The summed E-state index contributed by atoms with van der Waals surface area (Å²) in [6, 6.07) is 27.2. The second-order valence-electron chi connectivity index (χ2n) is 10.00. The molecular weight excluding hydrogens is 462 g/mol. The molecule has 1 aliphatic heterocycles. The first-order chi connectivity index (χ1) is 17.8. The number of benzodiazepines with no additional fused rings is 1. The van der Waals surface area contributed by atoms with Gasteiger partial charge in [-0.1, -0.05) is 92.7 Å². The standard InChI is InChI=1S/C31H35N3O3/c1-21(2)20-25(27(35)19-18-22-12-6-4-7-13-22)30(36)33-29-31(37)34(3)26-17-11-10-16-24(26)28(32-29)23-14-8-5-9-15-23/h4-17,21,25,27,29,35H,18-20H2,1-3H3,(H,33,36)/t25?,27-,29?/m0/s1. The molecule has 0 radical (unpaired) electrons. The lowest BCUT2D eigenvalue weighted by Gasteiger charge is -2.26. The Hall–Kier alpha value is -3.77. The molecule has 1 heterocycles. The van der Waals surface area contributed by atoms with E-state index in [1.54, 1.807) is 11.9 Å². The number of anilines is 1. The molecule has 2 amide bonds. The molecule has 3 aromatic carbocycles. The number of fused-ring (bicyclic) bond motifs is 1. The lowest BCUT2D eigenvalue weighted by Crippen LogP contribution is -2.49. The van der Waals surface area contributed by atoms with Crippen molar-refractivity contribution in [2.45, 2.75) is 45.4 Å². The van der Waals surface area contributed by atoms with E-state index in [-0.39, 0.29) is 17.7 Å². The Kier molecular flexibility index (Phi) is 8.51. The van der Waals surface area contributed by atoms with Crippen molar-refractivity contribution < 1.29 is 14.7 Å². The van der Waals surface area contributed by atoms with Crippen molar-refractivity contribution in [1.29, 1.82) is 0 Å². The molecule has 2 N–H and O–H groups in total. The predicted octanol–water partition coefficient (Wildman–Crippen LogP) is 4.60. The van der Waals surface area contributed by atoms with Gasteiger partial charge in [0.25, 0.3) is 5.91 Å². The average molecular weight is 498 g/mol. The van der Waals surface area contributed by atoms with E-state index >= 15 is 0 Å². The molecule has 6 heteroatoms. The van der Waals surface area contributed by atoms with Crippen molar-refractivity contribution in [3.63, 3.8) is 0 Å². The van der Waals surface area contributed by atoms with Crippen molar-refractivity contribution in [1.82, 2.24) is 5.32 Å².